The Morgan fingerprint density at radius 2 is 1.92 bits per heavy atom. The minimum absolute atomic E-state index is 0.101. The van der Waals surface area contributed by atoms with Crippen molar-refractivity contribution in [1.82, 2.24) is 4.90 Å². The molecular weight excluding hydrogens is 380 g/mol. The molecule has 0 aliphatic carbocycles. The van der Waals surface area contributed by atoms with Gasteiger partial charge in [0.15, 0.2) is 0 Å². The molecular formula is C17H19ClN2O3S2. The summed E-state index contributed by atoms with van der Waals surface area (Å²) < 4.78 is 27.9. The van der Waals surface area contributed by atoms with Crippen LogP contribution in [0.15, 0.2) is 33.9 Å². The van der Waals surface area contributed by atoms with E-state index >= 15 is 0 Å². The fourth-order valence-corrected chi connectivity index (χ4v) is 5.20. The summed E-state index contributed by atoms with van der Waals surface area (Å²) in [6, 6.07) is 6.47. The van der Waals surface area contributed by atoms with E-state index in [2.05, 4.69) is 4.72 Å². The van der Waals surface area contributed by atoms with E-state index < -0.39 is 10.0 Å². The molecule has 0 atom stereocenters. The average molecular weight is 399 g/mol. The molecule has 0 bridgehead atoms. The van der Waals surface area contributed by atoms with Gasteiger partial charge in [0.25, 0.3) is 15.9 Å². The van der Waals surface area contributed by atoms with Crippen molar-refractivity contribution < 1.29 is 13.2 Å². The van der Waals surface area contributed by atoms with Crippen LogP contribution >= 0.6 is 22.9 Å². The maximum atomic E-state index is 12.6. The molecule has 25 heavy (non-hydrogen) atoms. The van der Waals surface area contributed by atoms with E-state index in [1.165, 1.54) is 6.07 Å². The molecule has 1 aromatic heterocycles. The normalized spacial score (nSPS) is 15.2. The van der Waals surface area contributed by atoms with Gasteiger partial charge in [0.1, 0.15) is 4.21 Å². The molecule has 1 fully saturated rings. The van der Waals surface area contributed by atoms with Crippen LogP contribution in [0.3, 0.4) is 0 Å². The molecule has 2 aromatic rings. The quantitative estimate of drug-likeness (QED) is 0.841. The highest BCUT2D eigenvalue weighted by Gasteiger charge is 2.23. The summed E-state index contributed by atoms with van der Waals surface area (Å²) >= 11 is 6.99. The van der Waals surface area contributed by atoms with Crippen LogP contribution in [0.25, 0.3) is 0 Å². The number of nitrogens with zero attached hydrogens (tertiary/aromatic N) is 1. The summed E-state index contributed by atoms with van der Waals surface area (Å²) in [5.41, 5.74) is 1.63. The molecule has 1 amide bonds. The van der Waals surface area contributed by atoms with Crippen molar-refractivity contribution in [3.05, 3.63) is 45.8 Å². The summed E-state index contributed by atoms with van der Waals surface area (Å²) in [4.78, 5) is 14.3. The number of carbonyl (C=O) groups is 1. The van der Waals surface area contributed by atoms with Crippen molar-refractivity contribution in [3.8, 4) is 0 Å². The Hall–Kier alpha value is -1.57. The lowest BCUT2D eigenvalue weighted by atomic mass is 10.1. The van der Waals surface area contributed by atoms with Crippen molar-refractivity contribution >= 4 is 44.6 Å². The van der Waals surface area contributed by atoms with E-state index in [0.29, 0.717) is 16.3 Å². The van der Waals surface area contributed by atoms with Gasteiger partial charge in [-0.25, -0.2) is 8.42 Å². The highest BCUT2D eigenvalue weighted by Crippen LogP contribution is 2.27. The Bertz CT molecular complexity index is 887. The lowest BCUT2D eigenvalue weighted by molar-refractivity contribution is 0.0725. The van der Waals surface area contributed by atoms with Crippen LogP contribution in [0.1, 0.15) is 35.2 Å². The third kappa shape index (κ3) is 4.16. The molecule has 3 rings (SSSR count). The Morgan fingerprint density at radius 1 is 1.20 bits per heavy atom. The Labute approximate surface area is 156 Å². The van der Waals surface area contributed by atoms with E-state index in [1.54, 1.807) is 35.4 Å². The topological polar surface area (TPSA) is 66.5 Å². The highest BCUT2D eigenvalue weighted by molar-refractivity contribution is 7.94. The summed E-state index contributed by atoms with van der Waals surface area (Å²) in [6.45, 7) is 3.27. The molecule has 0 saturated carbocycles. The third-order valence-electron chi connectivity index (χ3n) is 4.17. The Balaban J connectivity index is 1.80. The largest absolute Gasteiger partial charge is 0.339 e. The van der Waals surface area contributed by atoms with Gasteiger partial charge >= 0.3 is 0 Å². The number of hydrogen-bond acceptors (Lipinski definition) is 4. The number of rotatable bonds is 4. The number of nitrogens with one attached hydrogen (secondary N) is 1. The monoisotopic (exact) mass is 398 g/mol. The number of halogens is 1. The summed E-state index contributed by atoms with van der Waals surface area (Å²) in [5.74, 6) is -0.101. The van der Waals surface area contributed by atoms with Gasteiger partial charge < -0.3 is 4.90 Å². The van der Waals surface area contributed by atoms with Gasteiger partial charge in [0.05, 0.1) is 11.3 Å². The third-order valence-corrected chi connectivity index (χ3v) is 7.21. The van der Waals surface area contributed by atoms with E-state index in [0.717, 1.165) is 49.3 Å². The van der Waals surface area contributed by atoms with E-state index in [9.17, 15) is 13.2 Å². The number of hydrogen-bond donors (Lipinski definition) is 1. The minimum Gasteiger partial charge on any atom is -0.339 e. The van der Waals surface area contributed by atoms with Crippen LogP contribution in [0.4, 0.5) is 5.69 Å². The van der Waals surface area contributed by atoms with Crippen LogP contribution in [0, 0.1) is 6.92 Å². The predicted molar refractivity (Wildman–Crippen MR) is 101 cm³/mol. The first-order valence-corrected chi connectivity index (χ1v) is 10.8. The minimum atomic E-state index is -3.76. The molecule has 2 heterocycles. The lowest BCUT2D eigenvalue weighted by Crippen LogP contribution is -2.35. The smallest absolute Gasteiger partial charge is 0.271 e. The second kappa shape index (κ2) is 7.35. The molecule has 0 unspecified atom stereocenters. The predicted octanol–water partition coefficient (Wildman–Crippen LogP) is 4.14. The van der Waals surface area contributed by atoms with Gasteiger partial charge in [0.2, 0.25) is 0 Å². The average Bonchev–Trinajstić information content (AvgIpc) is 3.09. The summed E-state index contributed by atoms with van der Waals surface area (Å²) in [7, 11) is -3.76. The number of piperidine rings is 1. The van der Waals surface area contributed by atoms with Crippen molar-refractivity contribution in [3.63, 3.8) is 0 Å². The highest BCUT2D eigenvalue weighted by atomic mass is 35.5. The maximum absolute atomic E-state index is 12.6. The number of aryl methyl sites for hydroxylation is 1. The second-order valence-electron chi connectivity index (χ2n) is 6.07. The molecule has 134 valence electrons. The van der Waals surface area contributed by atoms with Crippen LogP contribution in [-0.4, -0.2) is 32.3 Å². The number of sulfonamides is 1. The number of benzene rings is 1. The van der Waals surface area contributed by atoms with Gasteiger partial charge in [0, 0.05) is 23.5 Å². The van der Waals surface area contributed by atoms with E-state index in [-0.39, 0.29) is 10.1 Å². The molecule has 1 aliphatic heterocycles. The fourth-order valence-electron chi connectivity index (χ4n) is 2.75. The van der Waals surface area contributed by atoms with Gasteiger partial charge in [-0.2, -0.15) is 0 Å². The molecule has 1 aliphatic rings. The van der Waals surface area contributed by atoms with E-state index in [1.807, 2.05) is 0 Å². The molecule has 1 aromatic carbocycles. The number of likely N-dealkylation sites (tertiary alicyclic amines) is 1. The maximum Gasteiger partial charge on any atom is 0.271 e. The second-order valence-corrected chi connectivity index (χ2v) is 9.33. The number of carbonyl (C=O) groups excluding carboxylic acids is 1. The Kier molecular flexibility index (Phi) is 5.36. The first-order valence-electron chi connectivity index (χ1n) is 8.03. The number of amides is 1. The first kappa shape index (κ1) is 18.2. The molecule has 8 heteroatoms. The zero-order chi connectivity index (χ0) is 18.0. The standard InChI is InChI=1S/C17H19ClN2O3S2/c1-12-5-6-14(18)10-15(12)19-25(22,23)16-9-13(11-24-16)17(21)20-7-3-2-4-8-20/h5-6,9-11,19H,2-4,7-8H2,1H3. The number of thiophene rings is 1. The molecule has 5 nitrogen and oxygen atoms in total. The van der Waals surface area contributed by atoms with Crippen LogP contribution < -0.4 is 4.72 Å². The molecule has 1 N–H and O–H groups in total. The van der Waals surface area contributed by atoms with Crippen molar-refractivity contribution in [2.24, 2.45) is 0 Å². The van der Waals surface area contributed by atoms with Gasteiger partial charge in [-0.1, -0.05) is 17.7 Å². The van der Waals surface area contributed by atoms with Crippen LogP contribution in [0.2, 0.25) is 5.02 Å². The lowest BCUT2D eigenvalue weighted by Gasteiger charge is -2.26. The fraction of sp³-hybridized carbons (Fsp3) is 0.353. The van der Waals surface area contributed by atoms with Crippen LogP contribution in [0.5, 0.6) is 0 Å². The zero-order valence-corrected chi connectivity index (χ0v) is 16.2. The van der Waals surface area contributed by atoms with Gasteiger partial charge in [-0.05, 0) is 49.9 Å². The SMILES string of the molecule is Cc1ccc(Cl)cc1NS(=O)(=O)c1cc(C(=O)N2CCCCC2)cs1. The molecule has 0 radical (unpaired) electrons. The van der Waals surface area contributed by atoms with Crippen molar-refractivity contribution in [1.29, 1.82) is 0 Å². The first-order chi connectivity index (χ1) is 11.9. The van der Waals surface area contributed by atoms with Gasteiger partial charge in [-0.3, -0.25) is 9.52 Å². The van der Waals surface area contributed by atoms with Gasteiger partial charge in [-0.15, -0.1) is 11.3 Å². The summed E-state index contributed by atoms with van der Waals surface area (Å²) in [5, 5.41) is 2.06. The zero-order valence-electron chi connectivity index (χ0n) is 13.8. The Morgan fingerprint density at radius 3 is 2.64 bits per heavy atom. The molecule has 1 saturated heterocycles. The summed E-state index contributed by atoms with van der Waals surface area (Å²) in [6.07, 6.45) is 3.13. The van der Waals surface area contributed by atoms with E-state index in [4.69, 9.17) is 11.6 Å². The number of anilines is 1. The van der Waals surface area contributed by atoms with Crippen molar-refractivity contribution in [2.75, 3.05) is 17.8 Å². The van der Waals surface area contributed by atoms with Crippen LogP contribution in [-0.2, 0) is 10.0 Å². The molecule has 0 spiro atoms. The van der Waals surface area contributed by atoms with Crippen molar-refractivity contribution in [2.45, 2.75) is 30.4 Å².